The molecule has 0 rings (SSSR count). The molecule has 0 fully saturated rings. The summed E-state index contributed by atoms with van der Waals surface area (Å²) >= 11 is 0. The molecule has 0 saturated heterocycles. The van der Waals surface area contributed by atoms with Crippen LogP contribution in [0, 0.1) is 0 Å². The van der Waals surface area contributed by atoms with E-state index in [1.165, 1.54) is 25.7 Å². The average Bonchev–Trinajstić information content (AvgIpc) is 3.14. The minimum atomic E-state index is -0.359. The van der Waals surface area contributed by atoms with Crippen LogP contribution >= 0.6 is 0 Å². The first-order valence-corrected chi connectivity index (χ1v) is 21.7. The minimum absolute atomic E-state index is 0.0465. The predicted octanol–water partition coefficient (Wildman–Crippen LogP) is 11.0. The van der Waals surface area contributed by atoms with Gasteiger partial charge in [0.25, 0.3) is 0 Å². The zero-order valence-corrected chi connectivity index (χ0v) is 34.3. The van der Waals surface area contributed by atoms with E-state index < -0.39 is 0 Å². The highest BCUT2D eigenvalue weighted by Gasteiger charge is 2.13. The molecule has 0 spiro atoms. The van der Waals surface area contributed by atoms with E-state index in [4.69, 9.17) is 18.9 Å². The topological polar surface area (TPSA) is 94.5 Å². The number of carbonyl (C=O) groups is 2. The number of ether oxygens (including phenoxy) is 4. The van der Waals surface area contributed by atoms with Crippen molar-refractivity contribution < 1.29 is 33.6 Å². The third kappa shape index (κ3) is 38.0. The number of hydrogen-bond acceptors (Lipinski definition) is 8. The zero-order chi connectivity index (χ0) is 38.0. The number of unbranched alkanes of at least 4 members (excludes halogenated alkanes) is 16. The molecular formula is C44H83NO7. The van der Waals surface area contributed by atoms with Crippen molar-refractivity contribution in [1.29, 1.82) is 0 Å². The molecule has 0 amide bonds. The summed E-state index contributed by atoms with van der Waals surface area (Å²) in [6, 6.07) is 0. The van der Waals surface area contributed by atoms with Crippen molar-refractivity contribution >= 4 is 11.9 Å². The standard InChI is InChI=1S/C44H83NO7/c1-4-7-10-13-20-27-38-49-42(47)31-24-17-16-18-25-34-45(36-37-46)35-26-19-23-28-39-50-43(48)32-33-44(51-40-29-21-14-11-8-5-2)52-41-30-22-15-12-9-6-3/h8-9,11-12,44,46H,4-7,10,13-41H2,1-3H3/b11-8-,12-9-. The monoisotopic (exact) mass is 738 g/mol. The first-order chi connectivity index (χ1) is 25.6. The normalized spacial score (nSPS) is 11.9. The van der Waals surface area contributed by atoms with Gasteiger partial charge in [0, 0.05) is 32.6 Å². The van der Waals surface area contributed by atoms with Crippen LogP contribution in [0.5, 0.6) is 0 Å². The number of nitrogens with zero attached hydrogens (tertiary/aromatic N) is 1. The van der Waals surface area contributed by atoms with E-state index in [0.29, 0.717) is 52.2 Å². The first kappa shape index (κ1) is 50.3. The van der Waals surface area contributed by atoms with Crippen molar-refractivity contribution in [1.82, 2.24) is 4.90 Å². The van der Waals surface area contributed by atoms with Crippen LogP contribution in [0.15, 0.2) is 24.3 Å². The minimum Gasteiger partial charge on any atom is -0.466 e. The fraction of sp³-hybridized carbons (Fsp3) is 0.864. The largest absolute Gasteiger partial charge is 0.466 e. The van der Waals surface area contributed by atoms with Gasteiger partial charge in [0.1, 0.15) is 0 Å². The summed E-state index contributed by atoms with van der Waals surface area (Å²) in [5.41, 5.74) is 0. The fourth-order valence-electron chi connectivity index (χ4n) is 5.98. The van der Waals surface area contributed by atoms with Crippen LogP contribution in [0.3, 0.4) is 0 Å². The molecule has 0 bridgehead atoms. The number of esters is 2. The molecule has 8 heteroatoms. The zero-order valence-electron chi connectivity index (χ0n) is 34.3. The van der Waals surface area contributed by atoms with Crippen molar-refractivity contribution in [3.63, 3.8) is 0 Å². The summed E-state index contributed by atoms with van der Waals surface area (Å²) < 4.78 is 23.0. The van der Waals surface area contributed by atoms with E-state index in [1.807, 2.05) is 0 Å². The number of hydrogen-bond donors (Lipinski definition) is 1. The molecule has 52 heavy (non-hydrogen) atoms. The Bertz CT molecular complexity index is 794. The number of rotatable bonds is 41. The summed E-state index contributed by atoms with van der Waals surface area (Å²) in [6.07, 6.45) is 35.0. The molecule has 0 radical (unpaired) electrons. The van der Waals surface area contributed by atoms with Gasteiger partial charge in [-0.1, -0.05) is 109 Å². The number of aliphatic hydroxyl groups is 1. The second kappa shape index (κ2) is 42.0. The molecule has 8 nitrogen and oxygen atoms in total. The van der Waals surface area contributed by atoms with Gasteiger partial charge in [-0.2, -0.15) is 0 Å². The lowest BCUT2D eigenvalue weighted by atomic mass is 10.1. The Morgan fingerprint density at radius 2 is 0.981 bits per heavy atom. The maximum atomic E-state index is 12.4. The molecule has 0 aromatic heterocycles. The summed E-state index contributed by atoms with van der Waals surface area (Å²) in [6.45, 7) is 11.7. The Morgan fingerprint density at radius 1 is 0.519 bits per heavy atom. The van der Waals surface area contributed by atoms with E-state index >= 15 is 0 Å². The Kier molecular flexibility index (Phi) is 40.6. The van der Waals surface area contributed by atoms with Crippen molar-refractivity contribution in [3.05, 3.63) is 24.3 Å². The molecule has 0 saturated carbocycles. The molecule has 1 N–H and O–H groups in total. The Labute approximate surface area is 320 Å². The smallest absolute Gasteiger partial charge is 0.305 e. The van der Waals surface area contributed by atoms with Crippen molar-refractivity contribution in [2.75, 3.05) is 52.7 Å². The van der Waals surface area contributed by atoms with Crippen LogP contribution in [-0.4, -0.2) is 80.9 Å². The highest BCUT2D eigenvalue weighted by atomic mass is 16.7. The van der Waals surface area contributed by atoms with Gasteiger partial charge in [-0.25, -0.2) is 0 Å². The van der Waals surface area contributed by atoms with Crippen LogP contribution in [0.4, 0.5) is 0 Å². The molecule has 0 heterocycles. The Balaban J connectivity index is 4.00. The molecular weight excluding hydrogens is 654 g/mol. The summed E-state index contributed by atoms with van der Waals surface area (Å²) in [5, 5.41) is 9.52. The molecule has 0 aromatic carbocycles. The van der Waals surface area contributed by atoms with Gasteiger partial charge in [-0.05, 0) is 96.6 Å². The second-order valence-electron chi connectivity index (χ2n) is 14.2. The molecule has 0 aliphatic heterocycles. The Hall–Kier alpha value is -1.74. The van der Waals surface area contributed by atoms with Gasteiger partial charge < -0.3 is 29.0 Å². The van der Waals surface area contributed by atoms with Gasteiger partial charge in [-0.15, -0.1) is 0 Å². The maximum absolute atomic E-state index is 12.4. The van der Waals surface area contributed by atoms with Crippen LogP contribution in [0.2, 0.25) is 0 Å². The first-order valence-electron chi connectivity index (χ1n) is 21.7. The van der Waals surface area contributed by atoms with Crippen LogP contribution in [0.25, 0.3) is 0 Å². The van der Waals surface area contributed by atoms with E-state index in [1.54, 1.807) is 0 Å². The van der Waals surface area contributed by atoms with Crippen molar-refractivity contribution in [2.45, 2.75) is 194 Å². The average molecular weight is 738 g/mol. The third-order valence-corrected chi connectivity index (χ3v) is 9.19. The summed E-state index contributed by atoms with van der Waals surface area (Å²) in [4.78, 5) is 26.7. The van der Waals surface area contributed by atoms with Gasteiger partial charge in [0.05, 0.1) is 26.2 Å². The van der Waals surface area contributed by atoms with Crippen LogP contribution in [-0.2, 0) is 28.5 Å². The third-order valence-electron chi connectivity index (χ3n) is 9.19. The number of aliphatic hydroxyl groups excluding tert-OH is 1. The van der Waals surface area contributed by atoms with E-state index in [2.05, 4.69) is 50.0 Å². The lowest BCUT2D eigenvalue weighted by Gasteiger charge is -2.21. The fourth-order valence-corrected chi connectivity index (χ4v) is 5.98. The molecule has 306 valence electrons. The van der Waals surface area contributed by atoms with E-state index in [9.17, 15) is 14.7 Å². The van der Waals surface area contributed by atoms with Gasteiger partial charge in [-0.3, -0.25) is 9.59 Å². The molecule has 0 aromatic rings. The number of carbonyl (C=O) groups excluding carboxylic acids is 2. The summed E-state index contributed by atoms with van der Waals surface area (Å²) in [5.74, 6) is -0.223. The quantitative estimate of drug-likeness (QED) is 0.0287. The van der Waals surface area contributed by atoms with Gasteiger partial charge >= 0.3 is 11.9 Å². The van der Waals surface area contributed by atoms with E-state index in [-0.39, 0.29) is 24.8 Å². The van der Waals surface area contributed by atoms with Gasteiger partial charge in [0.2, 0.25) is 0 Å². The predicted molar refractivity (Wildman–Crippen MR) is 216 cm³/mol. The molecule has 0 aliphatic carbocycles. The molecule has 0 atom stereocenters. The highest BCUT2D eigenvalue weighted by molar-refractivity contribution is 5.69. The lowest BCUT2D eigenvalue weighted by Crippen LogP contribution is -2.29. The van der Waals surface area contributed by atoms with Crippen LogP contribution < -0.4 is 0 Å². The van der Waals surface area contributed by atoms with Crippen molar-refractivity contribution in [2.24, 2.45) is 0 Å². The molecule has 0 unspecified atom stereocenters. The van der Waals surface area contributed by atoms with Gasteiger partial charge in [0.15, 0.2) is 6.29 Å². The van der Waals surface area contributed by atoms with E-state index in [0.717, 1.165) is 135 Å². The SMILES string of the molecule is CC/C=C\CCCCOC(CCC(=O)OCCCCCCN(CCO)CCCCCCCC(=O)OCCCCCCCC)OCCCC/C=C\CC. The summed E-state index contributed by atoms with van der Waals surface area (Å²) in [7, 11) is 0. The molecule has 0 aliphatic rings. The lowest BCUT2D eigenvalue weighted by molar-refractivity contribution is -0.159. The number of allylic oxidation sites excluding steroid dienone is 4. The Morgan fingerprint density at radius 3 is 1.50 bits per heavy atom. The highest BCUT2D eigenvalue weighted by Crippen LogP contribution is 2.12. The van der Waals surface area contributed by atoms with Crippen molar-refractivity contribution in [3.8, 4) is 0 Å². The second-order valence-corrected chi connectivity index (χ2v) is 14.2. The maximum Gasteiger partial charge on any atom is 0.305 e. The van der Waals surface area contributed by atoms with Crippen LogP contribution in [0.1, 0.15) is 188 Å².